The fourth-order valence-electron chi connectivity index (χ4n) is 1.45. The molecule has 1 N–H and O–H groups in total. The number of hydrogen-bond donors (Lipinski definition) is 1. The zero-order valence-corrected chi connectivity index (χ0v) is 11.0. The van der Waals surface area contributed by atoms with Gasteiger partial charge in [0.2, 0.25) is 0 Å². The van der Waals surface area contributed by atoms with Crippen LogP contribution in [0.25, 0.3) is 0 Å². The minimum atomic E-state index is -3.66. The van der Waals surface area contributed by atoms with Crippen molar-refractivity contribution in [3.05, 3.63) is 66.0 Å². The first-order valence-electron chi connectivity index (χ1n) is 5.18. The van der Waals surface area contributed by atoms with Crippen LogP contribution >= 0.6 is 11.6 Å². The highest BCUT2D eigenvalue weighted by Gasteiger charge is 2.17. The van der Waals surface area contributed by atoms with Gasteiger partial charge in [-0.2, -0.15) is 0 Å². The van der Waals surface area contributed by atoms with E-state index in [2.05, 4.69) is 11.6 Å². The molecule has 2 aromatic rings. The first-order chi connectivity index (χ1) is 8.49. The lowest BCUT2D eigenvalue weighted by atomic mass is 10.2. The van der Waals surface area contributed by atoms with Gasteiger partial charge in [-0.05, 0) is 36.8 Å². The number of rotatable bonds is 3. The Labute approximate surface area is 111 Å². The molecule has 0 fully saturated rings. The lowest BCUT2D eigenvalue weighted by molar-refractivity contribution is 0.601. The Balaban J connectivity index is 2.33. The smallest absolute Gasteiger partial charge is 0.263 e. The summed E-state index contributed by atoms with van der Waals surface area (Å²) >= 11 is 5.87. The molecule has 2 rings (SSSR count). The predicted octanol–water partition coefficient (Wildman–Crippen LogP) is 3.32. The summed E-state index contributed by atoms with van der Waals surface area (Å²) in [7, 11) is -3.66. The number of anilines is 1. The van der Waals surface area contributed by atoms with Crippen molar-refractivity contribution < 1.29 is 8.42 Å². The van der Waals surface area contributed by atoms with E-state index >= 15 is 0 Å². The van der Waals surface area contributed by atoms with Gasteiger partial charge in [0.15, 0.2) is 0 Å². The molecule has 2 aromatic carbocycles. The van der Waals surface area contributed by atoms with Crippen LogP contribution in [0.4, 0.5) is 5.69 Å². The highest BCUT2D eigenvalue weighted by Crippen LogP contribution is 2.23. The molecule has 0 spiro atoms. The molecule has 0 aliphatic rings. The Morgan fingerprint density at radius 2 is 1.61 bits per heavy atom. The van der Waals surface area contributed by atoms with Gasteiger partial charge in [-0.3, -0.25) is 4.72 Å². The fraction of sp³-hybridized carbons (Fsp3) is 0. The zero-order valence-electron chi connectivity index (χ0n) is 9.43. The van der Waals surface area contributed by atoms with E-state index in [1.165, 1.54) is 12.1 Å². The SMILES string of the molecule is [CH2]c1ccc(NS(=O)(=O)c2ccccc2Cl)cc1. The minimum Gasteiger partial charge on any atom is -0.280 e. The van der Waals surface area contributed by atoms with Crippen molar-refractivity contribution in [3.63, 3.8) is 0 Å². The van der Waals surface area contributed by atoms with Crippen molar-refractivity contribution >= 4 is 27.3 Å². The Hall–Kier alpha value is -1.52. The van der Waals surface area contributed by atoms with Gasteiger partial charge in [0.1, 0.15) is 4.90 Å². The van der Waals surface area contributed by atoms with Gasteiger partial charge in [-0.25, -0.2) is 8.42 Å². The van der Waals surface area contributed by atoms with Crippen LogP contribution in [-0.2, 0) is 10.0 Å². The molecule has 93 valence electrons. The number of hydrogen-bond acceptors (Lipinski definition) is 2. The van der Waals surface area contributed by atoms with Crippen molar-refractivity contribution in [1.82, 2.24) is 0 Å². The molecule has 0 saturated carbocycles. The van der Waals surface area contributed by atoms with E-state index in [4.69, 9.17) is 11.6 Å². The predicted molar refractivity (Wildman–Crippen MR) is 73.2 cm³/mol. The maximum atomic E-state index is 12.1. The van der Waals surface area contributed by atoms with Crippen molar-refractivity contribution in [2.24, 2.45) is 0 Å². The van der Waals surface area contributed by atoms with Crippen LogP contribution in [0, 0.1) is 6.92 Å². The summed E-state index contributed by atoms with van der Waals surface area (Å²) in [5.74, 6) is 0. The van der Waals surface area contributed by atoms with Crippen LogP contribution in [0.3, 0.4) is 0 Å². The standard InChI is InChI=1S/C13H11ClNO2S/c1-10-6-8-11(9-7-10)15-18(16,17)13-5-3-2-4-12(13)14/h2-9,15H,1H2. The van der Waals surface area contributed by atoms with Crippen LogP contribution in [0.1, 0.15) is 5.56 Å². The molecule has 5 heteroatoms. The van der Waals surface area contributed by atoms with E-state index in [9.17, 15) is 8.42 Å². The minimum absolute atomic E-state index is 0.0605. The van der Waals surface area contributed by atoms with E-state index in [1.54, 1.807) is 36.4 Å². The Morgan fingerprint density at radius 1 is 1.00 bits per heavy atom. The molecule has 0 saturated heterocycles. The average Bonchev–Trinajstić information content (AvgIpc) is 2.32. The van der Waals surface area contributed by atoms with Crippen LogP contribution in [-0.4, -0.2) is 8.42 Å². The molecule has 0 bridgehead atoms. The molecular weight excluding hydrogens is 270 g/mol. The Bertz CT molecular complexity index is 651. The lowest BCUT2D eigenvalue weighted by Crippen LogP contribution is -2.13. The molecule has 18 heavy (non-hydrogen) atoms. The van der Waals surface area contributed by atoms with Crippen LogP contribution in [0.5, 0.6) is 0 Å². The molecule has 3 nitrogen and oxygen atoms in total. The molecule has 0 unspecified atom stereocenters. The van der Waals surface area contributed by atoms with Crippen molar-refractivity contribution in [2.75, 3.05) is 4.72 Å². The average molecular weight is 281 g/mol. The summed E-state index contributed by atoms with van der Waals surface area (Å²) in [6, 6.07) is 13.1. The quantitative estimate of drug-likeness (QED) is 0.937. The van der Waals surface area contributed by atoms with Crippen LogP contribution in [0.2, 0.25) is 5.02 Å². The molecule has 0 aliphatic heterocycles. The topological polar surface area (TPSA) is 46.2 Å². The van der Waals surface area contributed by atoms with Crippen molar-refractivity contribution in [1.29, 1.82) is 0 Å². The van der Waals surface area contributed by atoms with E-state index in [1.807, 2.05) is 0 Å². The van der Waals surface area contributed by atoms with Gasteiger partial charge in [0, 0.05) is 5.69 Å². The highest BCUT2D eigenvalue weighted by molar-refractivity contribution is 7.92. The zero-order chi connectivity index (χ0) is 13.2. The summed E-state index contributed by atoms with van der Waals surface area (Å²) < 4.78 is 26.7. The third-order valence-electron chi connectivity index (χ3n) is 2.33. The van der Waals surface area contributed by atoms with Gasteiger partial charge in [0.05, 0.1) is 5.02 Å². The van der Waals surface area contributed by atoms with E-state index in [0.29, 0.717) is 5.69 Å². The number of sulfonamides is 1. The first kappa shape index (κ1) is 12.9. The van der Waals surface area contributed by atoms with Crippen molar-refractivity contribution in [3.8, 4) is 0 Å². The molecule has 0 amide bonds. The molecule has 0 aliphatic carbocycles. The largest absolute Gasteiger partial charge is 0.280 e. The molecular formula is C13H11ClNO2S. The summed E-state index contributed by atoms with van der Waals surface area (Å²) in [6.07, 6.45) is 0. The van der Waals surface area contributed by atoms with Gasteiger partial charge in [-0.15, -0.1) is 0 Å². The Kier molecular flexibility index (Phi) is 3.59. The summed E-state index contributed by atoms with van der Waals surface area (Å²) in [4.78, 5) is 0.0605. The number of halogens is 1. The monoisotopic (exact) mass is 280 g/mol. The summed E-state index contributed by atoms with van der Waals surface area (Å²) in [5.41, 5.74) is 1.29. The van der Waals surface area contributed by atoms with Crippen molar-refractivity contribution in [2.45, 2.75) is 4.90 Å². The van der Waals surface area contributed by atoms with Gasteiger partial charge >= 0.3 is 0 Å². The Morgan fingerprint density at radius 3 is 2.22 bits per heavy atom. The van der Waals surface area contributed by atoms with Gasteiger partial charge < -0.3 is 0 Å². The first-order valence-corrected chi connectivity index (χ1v) is 7.04. The van der Waals surface area contributed by atoms with E-state index in [-0.39, 0.29) is 9.92 Å². The van der Waals surface area contributed by atoms with Gasteiger partial charge in [-0.1, -0.05) is 35.9 Å². The maximum Gasteiger partial charge on any atom is 0.263 e. The normalized spacial score (nSPS) is 11.2. The number of benzene rings is 2. The second-order valence-electron chi connectivity index (χ2n) is 3.73. The number of nitrogens with one attached hydrogen (secondary N) is 1. The molecule has 1 radical (unpaired) electrons. The van der Waals surface area contributed by atoms with Gasteiger partial charge in [0.25, 0.3) is 10.0 Å². The van der Waals surface area contributed by atoms with E-state index < -0.39 is 10.0 Å². The lowest BCUT2D eigenvalue weighted by Gasteiger charge is -2.09. The molecule has 0 aromatic heterocycles. The summed E-state index contributed by atoms with van der Waals surface area (Å²) in [6.45, 7) is 3.73. The molecule has 0 atom stereocenters. The second kappa shape index (κ2) is 5.00. The summed E-state index contributed by atoms with van der Waals surface area (Å²) in [5, 5.41) is 0.193. The van der Waals surface area contributed by atoms with Crippen LogP contribution in [0.15, 0.2) is 53.4 Å². The maximum absolute atomic E-state index is 12.1. The highest BCUT2D eigenvalue weighted by atomic mass is 35.5. The second-order valence-corrected chi connectivity index (χ2v) is 5.79. The third kappa shape index (κ3) is 2.83. The van der Waals surface area contributed by atoms with Crippen LogP contribution < -0.4 is 4.72 Å². The molecule has 0 heterocycles. The fourth-order valence-corrected chi connectivity index (χ4v) is 3.02. The van der Waals surface area contributed by atoms with E-state index in [0.717, 1.165) is 5.56 Å². The third-order valence-corrected chi connectivity index (χ3v) is 4.21.